The zero-order valence-electron chi connectivity index (χ0n) is 13.0. The lowest BCUT2D eigenvalue weighted by atomic mass is 10.0. The summed E-state index contributed by atoms with van der Waals surface area (Å²) in [5, 5.41) is 9.64. The average Bonchev–Trinajstić information content (AvgIpc) is 2.71. The first-order valence-electron chi connectivity index (χ1n) is 7.48. The minimum atomic E-state index is -0.0640. The summed E-state index contributed by atoms with van der Waals surface area (Å²) in [6, 6.07) is 13.0. The van der Waals surface area contributed by atoms with E-state index in [-0.39, 0.29) is 18.3 Å². The van der Waals surface area contributed by atoms with Crippen LogP contribution in [-0.2, 0) is 20.9 Å². The third-order valence-corrected chi connectivity index (χ3v) is 3.85. The molecule has 23 heavy (non-hydrogen) atoms. The van der Waals surface area contributed by atoms with E-state index in [1.165, 1.54) is 0 Å². The van der Waals surface area contributed by atoms with Crippen molar-refractivity contribution in [2.75, 3.05) is 31.8 Å². The third-order valence-electron chi connectivity index (χ3n) is 3.85. The molecule has 3 rings (SSSR count). The molecule has 0 saturated heterocycles. The van der Waals surface area contributed by atoms with Crippen LogP contribution in [0.25, 0.3) is 11.1 Å². The number of hydrogen-bond acceptors (Lipinski definition) is 4. The molecule has 5 heteroatoms. The molecule has 0 aliphatic carbocycles. The van der Waals surface area contributed by atoms with E-state index in [1.807, 2.05) is 24.3 Å². The number of methoxy groups -OCH3 is 1. The monoisotopic (exact) mass is 313 g/mol. The molecular weight excluding hydrogens is 294 g/mol. The molecule has 0 spiro atoms. The molecule has 0 radical (unpaired) electrons. The number of rotatable bonds is 4. The van der Waals surface area contributed by atoms with Crippen LogP contribution in [0, 0.1) is 0 Å². The molecule has 0 fully saturated rings. The van der Waals surface area contributed by atoms with Crippen molar-refractivity contribution in [2.24, 2.45) is 0 Å². The Morgan fingerprint density at radius 2 is 2.00 bits per heavy atom. The van der Waals surface area contributed by atoms with E-state index < -0.39 is 0 Å². The molecule has 0 bridgehead atoms. The number of carbonyl (C=O) groups excluding carboxylic acids is 1. The quantitative estimate of drug-likeness (QED) is 0.942. The fraction of sp³-hybridized carbons (Fsp3) is 0.278. The van der Waals surface area contributed by atoms with Crippen LogP contribution in [-0.4, -0.2) is 37.9 Å². The Balaban J connectivity index is 1.98. The number of benzene rings is 2. The van der Waals surface area contributed by atoms with Crippen LogP contribution < -0.4 is 4.90 Å². The molecule has 2 aromatic carbocycles. The maximum absolute atomic E-state index is 12.2. The van der Waals surface area contributed by atoms with E-state index in [2.05, 4.69) is 0 Å². The maximum atomic E-state index is 12.2. The molecule has 2 aromatic rings. The van der Waals surface area contributed by atoms with Gasteiger partial charge in [0.25, 0.3) is 5.91 Å². The minimum Gasteiger partial charge on any atom is -0.508 e. The predicted molar refractivity (Wildman–Crippen MR) is 87.4 cm³/mol. The molecular formula is C18H19NO4. The van der Waals surface area contributed by atoms with Crippen LogP contribution in [0.5, 0.6) is 5.75 Å². The molecule has 1 amide bonds. The number of fused-ring (bicyclic) bond motifs is 1. The zero-order chi connectivity index (χ0) is 16.2. The van der Waals surface area contributed by atoms with Gasteiger partial charge in [0.15, 0.2) is 0 Å². The predicted octanol–water partition coefficient (Wildman–Crippen LogP) is 2.57. The highest BCUT2D eigenvalue weighted by atomic mass is 16.5. The summed E-state index contributed by atoms with van der Waals surface area (Å²) in [5.41, 5.74) is 3.71. The molecule has 0 unspecified atom stereocenters. The van der Waals surface area contributed by atoms with Crippen LogP contribution in [0.4, 0.5) is 5.69 Å². The summed E-state index contributed by atoms with van der Waals surface area (Å²) >= 11 is 0. The number of nitrogens with zero attached hydrogens (tertiary/aromatic N) is 1. The Bertz CT molecular complexity index is 714. The molecule has 0 saturated carbocycles. The first kappa shape index (κ1) is 15.5. The van der Waals surface area contributed by atoms with Gasteiger partial charge in [0.2, 0.25) is 0 Å². The van der Waals surface area contributed by atoms with Gasteiger partial charge in [-0.25, -0.2) is 0 Å². The summed E-state index contributed by atoms with van der Waals surface area (Å²) < 4.78 is 10.6. The van der Waals surface area contributed by atoms with Crippen LogP contribution >= 0.6 is 0 Å². The number of amides is 1. The van der Waals surface area contributed by atoms with Gasteiger partial charge in [-0.1, -0.05) is 18.2 Å². The van der Waals surface area contributed by atoms with Crippen LogP contribution in [0.3, 0.4) is 0 Å². The Hall–Kier alpha value is -2.37. The van der Waals surface area contributed by atoms with Crippen LogP contribution in [0.15, 0.2) is 42.5 Å². The van der Waals surface area contributed by atoms with Gasteiger partial charge in [0.05, 0.1) is 13.2 Å². The first-order chi connectivity index (χ1) is 11.2. The van der Waals surface area contributed by atoms with Gasteiger partial charge < -0.3 is 19.5 Å². The Morgan fingerprint density at radius 3 is 2.78 bits per heavy atom. The molecule has 1 heterocycles. The SMILES string of the molecule is COCCN1C(=O)COCc2cc(-c3cccc(O)c3)ccc21. The van der Waals surface area contributed by atoms with Crippen molar-refractivity contribution in [2.45, 2.75) is 6.61 Å². The summed E-state index contributed by atoms with van der Waals surface area (Å²) in [6.07, 6.45) is 0. The Labute approximate surface area is 135 Å². The van der Waals surface area contributed by atoms with Crippen molar-refractivity contribution in [3.63, 3.8) is 0 Å². The molecule has 5 nitrogen and oxygen atoms in total. The largest absolute Gasteiger partial charge is 0.508 e. The molecule has 1 aliphatic heterocycles. The highest BCUT2D eigenvalue weighted by molar-refractivity contribution is 5.96. The van der Waals surface area contributed by atoms with E-state index in [1.54, 1.807) is 30.2 Å². The summed E-state index contributed by atoms with van der Waals surface area (Å²) in [5.74, 6) is 0.163. The normalized spacial score (nSPS) is 14.5. The van der Waals surface area contributed by atoms with E-state index in [4.69, 9.17) is 9.47 Å². The van der Waals surface area contributed by atoms with Gasteiger partial charge in [-0.2, -0.15) is 0 Å². The van der Waals surface area contributed by atoms with Gasteiger partial charge >= 0.3 is 0 Å². The smallest absolute Gasteiger partial charge is 0.253 e. The molecule has 0 aromatic heterocycles. The highest BCUT2D eigenvalue weighted by Gasteiger charge is 2.22. The second-order valence-corrected chi connectivity index (χ2v) is 5.42. The first-order valence-corrected chi connectivity index (χ1v) is 7.48. The van der Waals surface area contributed by atoms with Crippen LogP contribution in [0.2, 0.25) is 0 Å². The number of aromatic hydroxyl groups is 1. The van der Waals surface area contributed by atoms with Crippen molar-refractivity contribution in [3.8, 4) is 16.9 Å². The lowest BCUT2D eigenvalue weighted by molar-refractivity contribution is -0.123. The number of ether oxygens (including phenoxy) is 2. The second kappa shape index (κ2) is 6.81. The number of carbonyl (C=O) groups is 1. The van der Waals surface area contributed by atoms with Gasteiger partial charge in [-0.15, -0.1) is 0 Å². The van der Waals surface area contributed by atoms with E-state index in [0.29, 0.717) is 19.8 Å². The Kier molecular flexibility index (Phi) is 4.60. The topological polar surface area (TPSA) is 59.0 Å². The third kappa shape index (κ3) is 3.36. The van der Waals surface area contributed by atoms with Gasteiger partial charge in [0, 0.05) is 24.9 Å². The summed E-state index contributed by atoms with van der Waals surface area (Å²) in [6.45, 7) is 1.42. The van der Waals surface area contributed by atoms with Gasteiger partial charge in [0.1, 0.15) is 12.4 Å². The number of phenolic OH excluding ortho intramolecular Hbond substituents is 1. The number of hydrogen-bond donors (Lipinski definition) is 1. The minimum absolute atomic E-state index is 0.0640. The lowest BCUT2D eigenvalue weighted by Crippen LogP contribution is -2.35. The number of phenols is 1. The molecule has 0 atom stereocenters. The standard InChI is InChI=1S/C18H19NO4/c1-22-8-7-19-17-6-5-14(13-3-2-4-16(20)10-13)9-15(17)11-23-12-18(19)21/h2-6,9-10,20H,7-8,11-12H2,1H3. The van der Waals surface area contributed by atoms with Gasteiger partial charge in [-0.05, 0) is 35.4 Å². The number of anilines is 1. The Morgan fingerprint density at radius 1 is 1.17 bits per heavy atom. The van der Waals surface area contributed by atoms with E-state index in [9.17, 15) is 9.90 Å². The zero-order valence-corrected chi connectivity index (χ0v) is 13.0. The molecule has 1 aliphatic rings. The fourth-order valence-electron chi connectivity index (χ4n) is 2.72. The van der Waals surface area contributed by atoms with E-state index >= 15 is 0 Å². The summed E-state index contributed by atoms with van der Waals surface area (Å²) in [4.78, 5) is 13.9. The lowest BCUT2D eigenvalue weighted by Gasteiger charge is -2.22. The van der Waals surface area contributed by atoms with E-state index in [0.717, 1.165) is 22.4 Å². The van der Waals surface area contributed by atoms with Crippen LogP contribution in [0.1, 0.15) is 5.56 Å². The highest BCUT2D eigenvalue weighted by Crippen LogP contribution is 2.31. The maximum Gasteiger partial charge on any atom is 0.253 e. The van der Waals surface area contributed by atoms with Crippen molar-refractivity contribution >= 4 is 11.6 Å². The van der Waals surface area contributed by atoms with Crippen molar-refractivity contribution in [1.29, 1.82) is 0 Å². The van der Waals surface area contributed by atoms with Crippen molar-refractivity contribution in [1.82, 2.24) is 0 Å². The molecule has 120 valence electrons. The fourth-order valence-corrected chi connectivity index (χ4v) is 2.72. The molecule has 1 N–H and O–H groups in total. The van der Waals surface area contributed by atoms with Gasteiger partial charge in [-0.3, -0.25) is 4.79 Å². The van der Waals surface area contributed by atoms with Crippen molar-refractivity contribution < 1.29 is 19.4 Å². The summed E-state index contributed by atoms with van der Waals surface area (Å²) in [7, 11) is 1.62. The second-order valence-electron chi connectivity index (χ2n) is 5.42. The average molecular weight is 313 g/mol. The van der Waals surface area contributed by atoms with Crippen molar-refractivity contribution in [3.05, 3.63) is 48.0 Å².